The lowest BCUT2D eigenvalue weighted by molar-refractivity contribution is 0.104. The Kier molecular flexibility index (Phi) is 2.38. The average molecular weight is 254 g/mol. The molecule has 0 spiro atoms. The summed E-state index contributed by atoms with van der Waals surface area (Å²) in [5, 5.41) is 10.0. The Morgan fingerprint density at radius 2 is 1.68 bits per heavy atom. The van der Waals surface area contributed by atoms with Crippen molar-refractivity contribution in [3.63, 3.8) is 0 Å². The fraction of sp³-hybridized carbons (Fsp3) is 0.0667. The summed E-state index contributed by atoms with van der Waals surface area (Å²) in [6.45, 7) is 0. The van der Waals surface area contributed by atoms with Gasteiger partial charge >= 0.3 is 0 Å². The number of methoxy groups -OCH3 is 1. The number of hydrogen-bond donors (Lipinski definition) is 1. The van der Waals surface area contributed by atoms with Crippen LogP contribution < -0.4 is 10.2 Å². The molecule has 0 heterocycles. The molecule has 0 radical (unpaired) electrons. The predicted octanol–water partition coefficient (Wildman–Crippen LogP) is 1.97. The van der Waals surface area contributed by atoms with E-state index in [1.165, 1.54) is 19.2 Å². The summed E-state index contributed by atoms with van der Waals surface area (Å²) in [7, 11) is 1.41. The van der Waals surface area contributed by atoms with Crippen LogP contribution in [0.5, 0.6) is 11.5 Å². The molecule has 0 bridgehead atoms. The Hall–Kier alpha value is -2.62. The van der Waals surface area contributed by atoms with Gasteiger partial charge in [0.2, 0.25) is 5.43 Å². The third-order valence-corrected chi connectivity index (χ3v) is 3.22. The van der Waals surface area contributed by atoms with Crippen LogP contribution in [0.25, 0.3) is 11.1 Å². The van der Waals surface area contributed by atoms with Crippen LogP contribution in [0.3, 0.4) is 0 Å². The van der Waals surface area contributed by atoms with Crippen molar-refractivity contribution in [2.45, 2.75) is 0 Å². The molecule has 0 saturated heterocycles. The first-order valence-corrected chi connectivity index (χ1v) is 5.73. The molecule has 0 saturated carbocycles. The van der Waals surface area contributed by atoms with Gasteiger partial charge in [-0.3, -0.25) is 9.59 Å². The van der Waals surface area contributed by atoms with Crippen LogP contribution in [0.15, 0.2) is 41.2 Å². The van der Waals surface area contributed by atoms with Gasteiger partial charge in [0.15, 0.2) is 11.5 Å². The van der Waals surface area contributed by atoms with E-state index in [1.807, 2.05) is 0 Å². The number of ketones is 1. The second-order valence-corrected chi connectivity index (χ2v) is 4.27. The number of rotatable bonds is 1. The van der Waals surface area contributed by atoms with Crippen LogP contribution in [-0.4, -0.2) is 18.0 Å². The van der Waals surface area contributed by atoms with E-state index in [0.29, 0.717) is 11.1 Å². The summed E-state index contributed by atoms with van der Waals surface area (Å²) in [4.78, 5) is 24.1. The normalized spacial score (nSPS) is 11.9. The minimum Gasteiger partial charge on any atom is -0.504 e. The van der Waals surface area contributed by atoms with Gasteiger partial charge in [0.1, 0.15) is 5.75 Å². The zero-order chi connectivity index (χ0) is 13.6. The van der Waals surface area contributed by atoms with Crippen LogP contribution in [0.4, 0.5) is 0 Å². The molecule has 4 nitrogen and oxygen atoms in total. The lowest BCUT2D eigenvalue weighted by atomic mass is 10.1. The van der Waals surface area contributed by atoms with Crippen molar-refractivity contribution < 1.29 is 14.6 Å². The van der Waals surface area contributed by atoms with E-state index < -0.39 is 11.2 Å². The second-order valence-electron chi connectivity index (χ2n) is 4.27. The van der Waals surface area contributed by atoms with Crippen molar-refractivity contribution in [2.24, 2.45) is 0 Å². The number of carbonyl (C=O) groups is 1. The van der Waals surface area contributed by atoms with Gasteiger partial charge in [-0.15, -0.1) is 0 Å². The van der Waals surface area contributed by atoms with Crippen LogP contribution in [-0.2, 0) is 0 Å². The van der Waals surface area contributed by atoms with E-state index in [9.17, 15) is 14.7 Å². The first-order chi connectivity index (χ1) is 9.13. The standard InChI is InChI=1S/C15H10O4/c1-19-8-6-11-13(15(18)12(16)7-8)9-4-2-3-5-10(9)14(11)17/h2-7H,1H3,(H,16,18). The average Bonchev–Trinajstić information content (AvgIpc) is 2.62. The Morgan fingerprint density at radius 3 is 2.37 bits per heavy atom. The van der Waals surface area contributed by atoms with Crippen LogP contribution in [0.2, 0.25) is 0 Å². The maximum atomic E-state index is 12.3. The van der Waals surface area contributed by atoms with E-state index in [4.69, 9.17) is 4.74 Å². The number of fused-ring (bicyclic) bond motifs is 3. The molecule has 0 atom stereocenters. The van der Waals surface area contributed by atoms with E-state index in [2.05, 4.69) is 0 Å². The fourth-order valence-corrected chi connectivity index (χ4v) is 2.32. The van der Waals surface area contributed by atoms with E-state index in [-0.39, 0.29) is 22.7 Å². The second kappa shape index (κ2) is 3.95. The lowest BCUT2D eigenvalue weighted by Gasteiger charge is -1.97. The largest absolute Gasteiger partial charge is 0.504 e. The molecule has 4 heteroatoms. The Balaban J connectivity index is 2.48. The van der Waals surface area contributed by atoms with Crippen molar-refractivity contribution in [3.05, 3.63) is 57.7 Å². The molecule has 0 unspecified atom stereocenters. The number of benzene rings is 1. The maximum absolute atomic E-state index is 12.3. The molecule has 2 aromatic carbocycles. The Labute approximate surface area is 108 Å². The summed E-state index contributed by atoms with van der Waals surface area (Å²) in [5.41, 5.74) is 1.07. The molecule has 19 heavy (non-hydrogen) atoms. The molecule has 2 aromatic rings. The minimum absolute atomic E-state index is 0.213. The molecule has 94 valence electrons. The smallest absolute Gasteiger partial charge is 0.224 e. The van der Waals surface area contributed by atoms with Gasteiger partial charge in [0, 0.05) is 22.8 Å². The molecule has 0 aromatic heterocycles. The molecule has 1 aliphatic carbocycles. The van der Waals surface area contributed by atoms with Crippen LogP contribution in [0.1, 0.15) is 15.9 Å². The summed E-state index contributed by atoms with van der Waals surface area (Å²) in [5.74, 6) is -0.380. The van der Waals surface area contributed by atoms with Gasteiger partial charge in [-0.25, -0.2) is 0 Å². The number of ether oxygens (including phenoxy) is 1. The highest BCUT2D eigenvalue weighted by atomic mass is 16.5. The molecule has 0 aliphatic heterocycles. The van der Waals surface area contributed by atoms with Crippen molar-refractivity contribution in [2.75, 3.05) is 7.11 Å². The highest BCUT2D eigenvalue weighted by Crippen LogP contribution is 2.40. The maximum Gasteiger partial charge on any atom is 0.224 e. The zero-order valence-electron chi connectivity index (χ0n) is 10.1. The number of aromatic hydroxyl groups is 1. The quantitative estimate of drug-likeness (QED) is 0.721. The molecule has 0 amide bonds. The van der Waals surface area contributed by atoms with Gasteiger partial charge in [-0.05, 0) is 11.6 Å². The summed E-state index contributed by atoms with van der Waals surface area (Å²) in [6, 6.07) is 9.55. The number of hydrogen-bond acceptors (Lipinski definition) is 4. The monoisotopic (exact) mass is 254 g/mol. The molecule has 0 fully saturated rings. The summed E-state index contributed by atoms with van der Waals surface area (Å²) in [6.07, 6.45) is 0. The molecule has 1 aliphatic rings. The zero-order valence-corrected chi connectivity index (χ0v) is 10.1. The van der Waals surface area contributed by atoms with E-state index in [0.717, 1.165) is 0 Å². The molecule has 1 N–H and O–H groups in total. The lowest BCUT2D eigenvalue weighted by Crippen LogP contribution is -1.96. The van der Waals surface area contributed by atoms with Crippen LogP contribution in [0, 0.1) is 0 Å². The number of carbonyl (C=O) groups excluding carboxylic acids is 1. The SMILES string of the molecule is COc1cc2c(c(O)c(=O)c1)-c1ccccc1C2=O. The predicted molar refractivity (Wildman–Crippen MR) is 69.8 cm³/mol. The molecular formula is C15H10O4. The van der Waals surface area contributed by atoms with Crippen molar-refractivity contribution in [1.82, 2.24) is 0 Å². The third kappa shape index (κ3) is 1.53. The fourth-order valence-electron chi connectivity index (χ4n) is 2.32. The van der Waals surface area contributed by atoms with Gasteiger partial charge in [0.05, 0.1) is 7.11 Å². The van der Waals surface area contributed by atoms with Gasteiger partial charge in [0.25, 0.3) is 0 Å². The highest BCUT2D eigenvalue weighted by molar-refractivity contribution is 6.22. The Morgan fingerprint density at radius 1 is 1.00 bits per heavy atom. The minimum atomic E-state index is -0.567. The van der Waals surface area contributed by atoms with Gasteiger partial charge < -0.3 is 9.84 Å². The first-order valence-electron chi connectivity index (χ1n) is 5.73. The highest BCUT2D eigenvalue weighted by Gasteiger charge is 2.29. The third-order valence-electron chi connectivity index (χ3n) is 3.22. The van der Waals surface area contributed by atoms with Gasteiger partial charge in [-0.1, -0.05) is 24.3 Å². The van der Waals surface area contributed by atoms with Crippen LogP contribution >= 0.6 is 0 Å². The molecule has 3 rings (SSSR count). The van der Waals surface area contributed by atoms with E-state index in [1.54, 1.807) is 24.3 Å². The topological polar surface area (TPSA) is 63.6 Å². The summed E-state index contributed by atoms with van der Waals surface area (Å²) < 4.78 is 5.02. The van der Waals surface area contributed by atoms with E-state index >= 15 is 0 Å². The summed E-state index contributed by atoms with van der Waals surface area (Å²) >= 11 is 0. The van der Waals surface area contributed by atoms with Crippen molar-refractivity contribution in [3.8, 4) is 22.6 Å². The van der Waals surface area contributed by atoms with Crippen molar-refractivity contribution >= 4 is 5.78 Å². The molecular weight excluding hydrogens is 244 g/mol. The Bertz CT molecular complexity index is 762. The van der Waals surface area contributed by atoms with Crippen molar-refractivity contribution in [1.29, 1.82) is 0 Å². The van der Waals surface area contributed by atoms with Gasteiger partial charge in [-0.2, -0.15) is 0 Å². The first kappa shape index (κ1) is 11.5.